The van der Waals surface area contributed by atoms with Gasteiger partial charge >= 0.3 is 24.1 Å². The first-order valence-corrected chi connectivity index (χ1v) is 11.9. The number of rotatable bonds is 3. The second kappa shape index (κ2) is 10.8. The van der Waals surface area contributed by atoms with Crippen LogP contribution in [-0.2, 0) is 20.5 Å². The van der Waals surface area contributed by atoms with Crippen LogP contribution in [0.3, 0.4) is 0 Å². The summed E-state index contributed by atoms with van der Waals surface area (Å²) in [5.41, 5.74) is -0.416. The molecule has 200 valence electrons. The number of anilines is 2. The van der Waals surface area contributed by atoms with E-state index in [2.05, 4.69) is 15.6 Å². The summed E-state index contributed by atoms with van der Waals surface area (Å²) in [4.78, 5) is 43.4. The number of nitrogens with zero attached hydrogens (tertiary/aromatic N) is 2. The van der Waals surface area contributed by atoms with Crippen LogP contribution in [0, 0.1) is 12.8 Å². The van der Waals surface area contributed by atoms with E-state index >= 15 is 0 Å². The molecule has 2 atom stereocenters. The van der Waals surface area contributed by atoms with Gasteiger partial charge in [0.1, 0.15) is 11.4 Å². The molecule has 1 aromatic heterocycles. The van der Waals surface area contributed by atoms with Crippen LogP contribution < -0.4 is 10.6 Å². The van der Waals surface area contributed by atoms with Crippen LogP contribution in [0.2, 0.25) is 0 Å². The van der Waals surface area contributed by atoms with Crippen molar-refractivity contribution in [1.29, 1.82) is 0 Å². The van der Waals surface area contributed by atoms with Crippen molar-refractivity contribution in [2.75, 3.05) is 17.2 Å². The number of likely N-dealkylation sites (tertiary alicyclic amines) is 1. The van der Waals surface area contributed by atoms with Crippen molar-refractivity contribution in [3.63, 3.8) is 0 Å². The molecule has 37 heavy (non-hydrogen) atoms. The van der Waals surface area contributed by atoms with Crippen LogP contribution in [0.15, 0.2) is 36.5 Å². The van der Waals surface area contributed by atoms with Gasteiger partial charge in [0.2, 0.25) is 0 Å². The zero-order valence-corrected chi connectivity index (χ0v) is 21.4. The van der Waals surface area contributed by atoms with Gasteiger partial charge in [-0.1, -0.05) is 19.1 Å². The largest absolute Gasteiger partial charge is 0.444 e. The second-order valence-corrected chi connectivity index (χ2v) is 10.2. The van der Waals surface area contributed by atoms with Gasteiger partial charge in [-0.3, -0.25) is 14.9 Å². The van der Waals surface area contributed by atoms with E-state index in [4.69, 9.17) is 4.74 Å². The van der Waals surface area contributed by atoms with E-state index in [1.807, 2.05) is 6.92 Å². The molecule has 0 saturated carbocycles. The van der Waals surface area contributed by atoms with E-state index in [0.717, 1.165) is 12.1 Å². The highest BCUT2D eigenvalue weighted by atomic mass is 19.4. The Labute approximate surface area is 213 Å². The van der Waals surface area contributed by atoms with Crippen molar-refractivity contribution in [2.45, 2.75) is 65.3 Å². The number of piperidine rings is 1. The third kappa shape index (κ3) is 7.43. The van der Waals surface area contributed by atoms with Gasteiger partial charge < -0.3 is 15.0 Å². The highest BCUT2D eigenvalue weighted by Crippen LogP contribution is 2.37. The third-order valence-corrected chi connectivity index (χ3v) is 5.83. The van der Waals surface area contributed by atoms with Gasteiger partial charge in [0.05, 0.1) is 23.5 Å². The number of nitrogens with one attached hydrogen (secondary N) is 2. The Balaban J connectivity index is 1.74. The van der Waals surface area contributed by atoms with Crippen molar-refractivity contribution >= 4 is 29.4 Å². The van der Waals surface area contributed by atoms with Gasteiger partial charge in [-0.25, -0.2) is 9.78 Å². The summed E-state index contributed by atoms with van der Waals surface area (Å²) in [5.74, 6) is -1.46. The number of aryl methyl sites for hydroxylation is 1. The average Bonchev–Trinajstić information content (AvgIpc) is 2.78. The quantitative estimate of drug-likeness (QED) is 0.506. The number of carbonyl (C=O) groups excluding carboxylic acids is 3. The minimum Gasteiger partial charge on any atom is -0.444 e. The number of amides is 3. The number of alkyl halides is 3. The highest BCUT2D eigenvalue weighted by molar-refractivity contribution is 6.39. The molecule has 2 unspecified atom stereocenters. The van der Waals surface area contributed by atoms with Gasteiger partial charge in [0.25, 0.3) is 0 Å². The first kappa shape index (κ1) is 27.9. The molecule has 1 aliphatic rings. The van der Waals surface area contributed by atoms with E-state index < -0.39 is 41.3 Å². The standard InChI is InChI=1S/C26H31F3N4O4/c1-15-9-10-20(17-7-6-8-18(12-17)26(27,28)29)33(14-15)23(35)22(34)31-19-11-16(2)21(30-13-19)32-24(36)37-25(3,4)5/h6-8,11-13,15,20H,9-10,14H2,1-5H3,(H,31,34)(H,30,32,36). The normalized spacial score (nSPS) is 18.2. The number of halogens is 3. The predicted octanol–water partition coefficient (Wildman–Crippen LogP) is 5.69. The second-order valence-electron chi connectivity index (χ2n) is 10.2. The number of aromatic nitrogens is 1. The average molecular weight is 521 g/mol. The molecule has 2 heterocycles. The summed E-state index contributed by atoms with van der Waals surface area (Å²) in [6.45, 7) is 9.00. The number of ether oxygens (including phenoxy) is 1. The molecular formula is C26H31F3N4O4. The van der Waals surface area contributed by atoms with E-state index in [9.17, 15) is 27.6 Å². The van der Waals surface area contributed by atoms with Crippen LogP contribution in [0.4, 0.5) is 29.5 Å². The third-order valence-electron chi connectivity index (χ3n) is 5.83. The van der Waals surface area contributed by atoms with E-state index in [1.165, 1.54) is 29.3 Å². The van der Waals surface area contributed by atoms with E-state index in [1.54, 1.807) is 27.7 Å². The van der Waals surface area contributed by atoms with Gasteiger partial charge in [-0.15, -0.1) is 0 Å². The van der Waals surface area contributed by atoms with Crippen molar-refractivity contribution in [1.82, 2.24) is 9.88 Å². The summed E-state index contributed by atoms with van der Waals surface area (Å²) in [7, 11) is 0. The zero-order valence-electron chi connectivity index (χ0n) is 21.4. The molecule has 1 saturated heterocycles. The molecule has 1 aliphatic heterocycles. The molecule has 3 rings (SSSR count). The lowest BCUT2D eigenvalue weighted by Crippen LogP contribution is -2.46. The van der Waals surface area contributed by atoms with Gasteiger partial charge in [-0.2, -0.15) is 13.2 Å². The van der Waals surface area contributed by atoms with Gasteiger partial charge in [0.15, 0.2) is 0 Å². The molecule has 2 aromatic rings. The first-order chi connectivity index (χ1) is 17.1. The number of carbonyl (C=O) groups is 3. The molecule has 0 aliphatic carbocycles. The van der Waals surface area contributed by atoms with Crippen LogP contribution in [0.1, 0.15) is 63.3 Å². The zero-order chi connectivity index (χ0) is 27.5. The van der Waals surface area contributed by atoms with Gasteiger partial charge in [-0.05, 0) is 75.8 Å². The number of pyridine rings is 1. The number of hydrogen-bond acceptors (Lipinski definition) is 5. The first-order valence-electron chi connectivity index (χ1n) is 11.9. The molecule has 0 radical (unpaired) electrons. The van der Waals surface area contributed by atoms with Crippen LogP contribution >= 0.6 is 0 Å². The SMILES string of the molecule is Cc1cc(NC(=O)C(=O)N2CC(C)CCC2c2cccc(C(F)(F)F)c2)cnc1NC(=O)OC(C)(C)C. The molecule has 1 aromatic carbocycles. The Morgan fingerprint density at radius 3 is 2.41 bits per heavy atom. The van der Waals surface area contributed by atoms with Crippen molar-refractivity contribution in [2.24, 2.45) is 5.92 Å². The lowest BCUT2D eigenvalue weighted by atomic mass is 9.89. The molecular weight excluding hydrogens is 489 g/mol. The molecule has 2 N–H and O–H groups in total. The lowest BCUT2D eigenvalue weighted by Gasteiger charge is -2.38. The maximum absolute atomic E-state index is 13.2. The molecule has 11 heteroatoms. The molecule has 0 bridgehead atoms. The Morgan fingerprint density at radius 1 is 1.08 bits per heavy atom. The minimum absolute atomic E-state index is 0.0842. The van der Waals surface area contributed by atoms with Crippen LogP contribution in [0.25, 0.3) is 0 Å². The summed E-state index contributed by atoms with van der Waals surface area (Å²) in [6.07, 6.45) is -2.77. The Morgan fingerprint density at radius 2 is 1.78 bits per heavy atom. The Kier molecular flexibility index (Phi) is 8.14. The van der Waals surface area contributed by atoms with Crippen molar-refractivity contribution in [3.05, 3.63) is 53.2 Å². The van der Waals surface area contributed by atoms with Gasteiger partial charge in [0, 0.05) is 6.54 Å². The van der Waals surface area contributed by atoms with E-state index in [-0.39, 0.29) is 24.0 Å². The van der Waals surface area contributed by atoms with Crippen molar-refractivity contribution < 1.29 is 32.3 Å². The summed E-state index contributed by atoms with van der Waals surface area (Å²) in [5, 5.41) is 5.03. The maximum atomic E-state index is 13.2. The van der Waals surface area contributed by atoms with Crippen LogP contribution in [-0.4, -0.2) is 39.9 Å². The molecule has 8 nitrogen and oxygen atoms in total. The fourth-order valence-corrected chi connectivity index (χ4v) is 4.14. The molecule has 1 fully saturated rings. The monoisotopic (exact) mass is 520 g/mol. The van der Waals surface area contributed by atoms with Crippen molar-refractivity contribution in [3.8, 4) is 0 Å². The number of benzene rings is 1. The smallest absolute Gasteiger partial charge is 0.416 e. The topological polar surface area (TPSA) is 101 Å². The minimum atomic E-state index is -4.51. The van der Waals surface area contributed by atoms with Crippen LogP contribution in [0.5, 0.6) is 0 Å². The Bertz CT molecular complexity index is 1180. The number of hydrogen-bond donors (Lipinski definition) is 2. The summed E-state index contributed by atoms with van der Waals surface area (Å²) < 4.78 is 44.9. The molecule has 3 amide bonds. The summed E-state index contributed by atoms with van der Waals surface area (Å²) >= 11 is 0. The fraction of sp³-hybridized carbons (Fsp3) is 0.462. The summed E-state index contributed by atoms with van der Waals surface area (Å²) in [6, 6.07) is 5.73. The van der Waals surface area contributed by atoms with E-state index in [0.29, 0.717) is 24.0 Å². The lowest BCUT2D eigenvalue weighted by molar-refractivity contribution is -0.146. The Hall–Kier alpha value is -3.63. The fourth-order valence-electron chi connectivity index (χ4n) is 4.14. The predicted molar refractivity (Wildman–Crippen MR) is 132 cm³/mol. The molecule has 0 spiro atoms. The maximum Gasteiger partial charge on any atom is 0.416 e. The highest BCUT2D eigenvalue weighted by Gasteiger charge is 2.36.